The molecule has 4 aromatic carbocycles. The van der Waals surface area contributed by atoms with Crippen LogP contribution in [0.4, 0.5) is 5.69 Å². The number of carbonyl (C=O) groups is 2. The molecule has 7 nitrogen and oxygen atoms in total. The molecule has 0 aliphatic rings. The number of anilines is 1. The van der Waals surface area contributed by atoms with Gasteiger partial charge in [0.2, 0.25) is 11.8 Å². The van der Waals surface area contributed by atoms with Crippen molar-refractivity contribution in [3.63, 3.8) is 0 Å². The van der Waals surface area contributed by atoms with Gasteiger partial charge < -0.3 is 10.2 Å². The molecule has 2 amide bonds. The van der Waals surface area contributed by atoms with Gasteiger partial charge in [0.05, 0.1) is 15.6 Å². The van der Waals surface area contributed by atoms with E-state index in [0.717, 1.165) is 15.4 Å². The van der Waals surface area contributed by atoms with Crippen LogP contribution in [0.5, 0.6) is 0 Å². The Kier molecular flexibility index (Phi) is 10.7. The summed E-state index contributed by atoms with van der Waals surface area (Å²) in [5.74, 6) is -1.04. The maximum Gasteiger partial charge on any atom is 0.264 e. The standard InChI is InChI=1S/C32H30Cl3N3O4S/c1-22-11-14-27(15-12-22)43(41,42)38(29-19-26(34)13-16-28(29)35)21-31(39)37(20-24-9-6-10-25(33)17-24)30(32(40)36-2)18-23-7-4-3-5-8-23/h3-17,19,30H,18,20-21H2,1-2H3,(H,36,40). The van der Waals surface area contributed by atoms with E-state index < -0.39 is 34.4 Å². The lowest BCUT2D eigenvalue weighted by Crippen LogP contribution is -2.53. The Morgan fingerprint density at radius 3 is 2.12 bits per heavy atom. The van der Waals surface area contributed by atoms with Crippen molar-refractivity contribution >= 4 is 62.3 Å². The molecule has 1 unspecified atom stereocenters. The minimum atomic E-state index is -4.31. The van der Waals surface area contributed by atoms with Gasteiger partial charge in [-0.1, -0.05) is 95.0 Å². The Hall–Kier alpha value is -3.56. The molecule has 0 saturated carbocycles. The molecule has 0 bridgehead atoms. The number of nitrogens with zero attached hydrogens (tertiary/aromatic N) is 2. The molecular weight excluding hydrogens is 629 g/mol. The molecule has 0 aromatic heterocycles. The summed E-state index contributed by atoms with van der Waals surface area (Å²) in [6, 6.07) is 25.9. The van der Waals surface area contributed by atoms with Crippen molar-refractivity contribution in [3.05, 3.63) is 129 Å². The zero-order valence-electron chi connectivity index (χ0n) is 23.5. The van der Waals surface area contributed by atoms with Gasteiger partial charge >= 0.3 is 0 Å². The van der Waals surface area contributed by atoms with Gasteiger partial charge in [-0.05, 0) is 60.5 Å². The third kappa shape index (κ3) is 8.09. The number of rotatable bonds is 11. The van der Waals surface area contributed by atoms with Crippen LogP contribution in [0.2, 0.25) is 15.1 Å². The van der Waals surface area contributed by atoms with E-state index in [1.54, 1.807) is 36.4 Å². The van der Waals surface area contributed by atoms with Crippen LogP contribution in [0.3, 0.4) is 0 Å². The Balaban J connectivity index is 1.82. The minimum absolute atomic E-state index is 0.00793. The highest BCUT2D eigenvalue weighted by Crippen LogP contribution is 2.33. The quantitative estimate of drug-likeness (QED) is 0.198. The number of sulfonamides is 1. The fourth-order valence-corrected chi connectivity index (χ4v) is 6.65. The number of benzene rings is 4. The average Bonchev–Trinajstić information content (AvgIpc) is 2.99. The van der Waals surface area contributed by atoms with Gasteiger partial charge in [-0.25, -0.2) is 8.42 Å². The van der Waals surface area contributed by atoms with Crippen LogP contribution in [0.25, 0.3) is 0 Å². The summed E-state index contributed by atoms with van der Waals surface area (Å²) in [5, 5.41) is 3.43. The Morgan fingerprint density at radius 2 is 1.47 bits per heavy atom. The van der Waals surface area contributed by atoms with E-state index in [1.165, 1.54) is 42.3 Å². The van der Waals surface area contributed by atoms with Crippen molar-refractivity contribution < 1.29 is 18.0 Å². The minimum Gasteiger partial charge on any atom is -0.357 e. The summed E-state index contributed by atoms with van der Waals surface area (Å²) in [4.78, 5) is 29.0. The molecule has 0 saturated heterocycles. The number of hydrogen-bond donors (Lipinski definition) is 1. The summed E-state index contributed by atoms with van der Waals surface area (Å²) < 4.78 is 29.1. The zero-order valence-corrected chi connectivity index (χ0v) is 26.6. The van der Waals surface area contributed by atoms with Crippen LogP contribution in [0.15, 0.2) is 102 Å². The number of aryl methyl sites for hydroxylation is 1. The monoisotopic (exact) mass is 657 g/mol. The van der Waals surface area contributed by atoms with Gasteiger partial charge in [0.1, 0.15) is 12.6 Å². The molecule has 0 spiro atoms. The highest BCUT2D eigenvalue weighted by atomic mass is 35.5. The van der Waals surface area contributed by atoms with Crippen molar-refractivity contribution in [1.82, 2.24) is 10.2 Å². The zero-order chi connectivity index (χ0) is 31.1. The van der Waals surface area contributed by atoms with Crippen molar-refractivity contribution in [2.24, 2.45) is 0 Å². The predicted octanol–water partition coefficient (Wildman–Crippen LogP) is 6.54. The lowest BCUT2D eigenvalue weighted by atomic mass is 10.0. The van der Waals surface area contributed by atoms with Crippen molar-refractivity contribution in [3.8, 4) is 0 Å². The summed E-state index contributed by atoms with van der Waals surface area (Å²) >= 11 is 19.0. The number of nitrogens with one attached hydrogen (secondary N) is 1. The van der Waals surface area contributed by atoms with E-state index in [0.29, 0.717) is 10.6 Å². The second-order valence-corrected chi connectivity index (χ2v) is 13.0. The molecule has 4 rings (SSSR count). The molecule has 4 aromatic rings. The largest absolute Gasteiger partial charge is 0.357 e. The number of amides is 2. The highest BCUT2D eigenvalue weighted by Gasteiger charge is 2.35. The first-order valence-corrected chi connectivity index (χ1v) is 15.9. The number of likely N-dealkylation sites (N-methyl/N-ethyl adjacent to an activating group) is 1. The van der Waals surface area contributed by atoms with Gasteiger partial charge in [-0.2, -0.15) is 0 Å². The van der Waals surface area contributed by atoms with Gasteiger partial charge in [0.15, 0.2) is 0 Å². The molecule has 0 aliphatic heterocycles. The smallest absolute Gasteiger partial charge is 0.264 e. The van der Waals surface area contributed by atoms with Gasteiger partial charge in [-0.15, -0.1) is 0 Å². The van der Waals surface area contributed by atoms with Crippen molar-refractivity contribution in [1.29, 1.82) is 0 Å². The summed E-state index contributed by atoms with van der Waals surface area (Å²) in [6.45, 7) is 1.18. The van der Waals surface area contributed by atoms with Crippen LogP contribution in [-0.2, 0) is 32.6 Å². The SMILES string of the molecule is CNC(=O)C(Cc1ccccc1)N(Cc1cccc(Cl)c1)C(=O)CN(c1cc(Cl)ccc1Cl)S(=O)(=O)c1ccc(C)cc1. The molecule has 0 aliphatic carbocycles. The van der Waals surface area contributed by atoms with Crippen LogP contribution in [-0.4, -0.2) is 44.8 Å². The van der Waals surface area contributed by atoms with E-state index in [2.05, 4.69) is 5.32 Å². The maximum absolute atomic E-state index is 14.3. The van der Waals surface area contributed by atoms with E-state index in [4.69, 9.17) is 34.8 Å². The molecule has 0 radical (unpaired) electrons. The first kappa shape index (κ1) is 32.4. The first-order chi connectivity index (χ1) is 20.5. The van der Waals surface area contributed by atoms with Gasteiger partial charge in [0, 0.05) is 30.1 Å². The Bertz CT molecular complexity index is 1700. The molecule has 224 valence electrons. The lowest BCUT2D eigenvalue weighted by Gasteiger charge is -2.34. The summed E-state index contributed by atoms with van der Waals surface area (Å²) in [7, 11) is -2.82. The van der Waals surface area contributed by atoms with E-state index in [9.17, 15) is 18.0 Å². The number of hydrogen-bond acceptors (Lipinski definition) is 4. The van der Waals surface area contributed by atoms with Gasteiger partial charge in [-0.3, -0.25) is 13.9 Å². The third-order valence-corrected chi connectivity index (χ3v) is 9.39. The van der Waals surface area contributed by atoms with Crippen LogP contribution >= 0.6 is 34.8 Å². The van der Waals surface area contributed by atoms with Gasteiger partial charge in [0.25, 0.3) is 10.0 Å². The van der Waals surface area contributed by atoms with Crippen LogP contribution in [0.1, 0.15) is 16.7 Å². The number of halogens is 3. The molecule has 0 fully saturated rings. The van der Waals surface area contributed by atoms with Crippen LogP contribution < -0.4 is 9.62 Å². The predicted molar refractivity (Wildman–Crippen MR) is 172 cm³/mol. The molecule has 43 heavy (non-hydrogen) atoms. The highest BCUT2D eigenvalue weighted by molar-refractivity contribution is 7.92. The fraction of sp³-hybridized carbons (Fsp3) is 0.188. The van der Waals surface area contributed by atoms with E-state index >= 15 is 0 Å². The Labute approximate surface area is 267 Å². The summed E-state index contributed by atoms with van der Waals surface area (Å²) in [5.41, 5.74) is 2.38. The fourth-order valence-electron chi connectivity index (χ4n) is 4.58. The van der Waals surface area contributed by atoms with Crippen molar-refractivity contribution in [2.75, 3.05) is 17.9 Å². The molecule has 1 atom stereocenters. The van der Waals surface area contributed by atoms with E-state index in [1.807, 2.05) is 37.3 Å². The normalized spacial score (nSPS) is 11.9. The molecule has 0 heterocycles. The number of carbonyl (C=O) groups excluding carboxylic acids is 2. The second-order valence-electron chi connectivity index (χ2n) is 9.89. The van der Waals surface area contributed by atoms with Crippen LogP contribution in [0, 0.1) is 6.92 Å². The average molecular weight is 659 g/mol. The molecular formula is C32H30Cl3N3O4S. The first-order valence-electron chi connectivity index (χ1n) is 13.3. The van der Waals surface area contributed by atoms with E-state index in [-0.39, 0.29) is 33.6 Å². The Morgan fingerprint density at radius 1 is 0.814 bits per heavy atom. The van der Waals surface area contributed by atoms with Crippen molar-refractivity contribution in [2.45, 2.75) is 30.8 Å². The third-order valence-electron chi connectivity index (χ3n) is 6.82. The second kappa shape index (κ2) is 14.3. The summed E-state index contributed by atoms with van der Waals surface area (Å²) in [6.07, 6.45) is 0.190. The topological polar surface area (TPSA) is 86.8 Å². The lowest BCUT2D eigenvalue weighted by molar-refractivity contribution is -0.139. The maximum atomic E-state index is 14.3. The molecule has 1 N–H and O–H groups in total. The molecule has 11 heteroatoms.